The molecule has 4 rings (SSSR count). The van der Waals surface area contributed by atoms with Crippen LogP contribution in [0.3, 0.4) is 0 Å². The van der Waals surface area contributed by atoms with Crippen LogP contribution in [-0.4, -0.2) is 64.1 Å². The van der Waals surface area contributed by atoms with Gasteiger partial charge < -0.3 is 19.5 Å². The van der Waals surface area contributed by atoms with Gasteiger partial charge in [0.05, 0.1) is 29.8 Å². The first-order valence-electron chi connectivity index (χ1n) is 9.70. The topological polar surface area (TPSA) is 89.4 Å². The number of amides is 2. The largest absolute Gasteiger partial charge is 0.378 e. The molecule has 1 N–H and O–H groups in total. The lowest BCUT2D eigenvalue weighted by molar-refractivity contribution is -0.135. The Balaban J connectivity index is 1.47. The molecule has 1 saturated heterocycles. The van der Waals surface area contributed by atoms with E-state index in [1.165, 1.54) is 6.20 Å². The molecule has 1 aliphatic heterocycles. The summed E-state index contributed by atoms with van der Waals surface area (Å²) in [6.45, 7) is 3.02. The van der Waals surface area contributed by atoms with Crippen LogP contribution in [0.4, 0.5) is 0 Å². The summed E-state index contributed by atoms with van der Waals surface area (Å²) < 4.78 is 7.28. The third kappa shape index (κ3) is 4.43. The van der Waals surface area contributed by atoms with Crippen molar-refractivity contribution in [2.24, 2.45) is 0 Å². The molecule has 8 heteroatoms. The highest BCUT2D eigenvalue weighted by Crippen LogP contribution is 2.17. The van der Waals surface area contributed by atoms with Crippen molar-refractivity contribution in [1.29, 1.82) is 0 Å². The number of ether oxygens (including phenoxy) is 1. The average molecular weight is 393 g/mol. The van der Waals surface area contributed by atoms with Crippen LogP contribution >= 0.6 is 0 Å². The summed E-state index contributed by atoms with van der Waals surface area (Å²) in [5.74, 6) is 0.654. The number of hydrogen-bond acceptors (Lipinski definition) is 5. The minimum Gasteiger partial charge on any atom is -0.378 e. The molecular formula is C21H23N5O3. The van der Waals surface area contributed by atoms with Crippen LogP contribution in [-0.2, 0) is 22.5 Å². The molecule has 29 heavy (non-hydrogen) atoms. The van der Waals surface area contributed by atoms with Gasteiger partial charge in [-0.25, -0.2) is 4.98 Å². The highest BCUT2D eigenvalue weighted by atomic mass is 16.5. The predicted octanol–water partition coefficient (Wildman–Crippen LogP) is 1.26. The number of rotatable bonds is 6. The van der Waals surface area contributed by atoms with Crippen LogP contribution in [0.1, 0.15) is 16.2 Å². The van der Waals surface area contributed by atoms with Gasteiger partial charge in [0.15, 0.2) is 0 Å². The lowest BCUT2D eigenvalue weighted by Gasteiger charge is -2.27. The summed E-state index contributed by atoms with van der Waals surface area (Å²) in [6.07, 6.45) is 3.69. The van der Waals surface area contributed by atoms with E-state index in [0.29, 0.717) is 44.8 Å². The molecule has 8 nitrogen and oxygen atoms in total. The summed E-state index contributed by atoms with van der Waals surface area (Å²) in [5.41, 5.74) is 2.28. The highest BCUT2D eigenvalue weighted by molar-refractivity contribution is 5.93. The Hall–Kier alpha value is -3.26. The first-order valence-corrected chi connectivity index (χ1v) is 9.70. The smallest absolute Gasteiger partial charge is 0.252 e. The second kappa shape index (κ2) is 8.83. The molecule has 3 aromatic rings. The minimum atomic E-state index is -0.176. The maximum Gasteiger partial charge on any atom is 0.252 e. The average Bonchev–Trinajstić information content (AvgIpc) is 3.12. The summed E-state index contributed by atoms with van der Waals surface area (Å²) in [7, 11) is 0. The van der Waals surface area contributed by atoms with E-state index in [1.54, 1.807) is 18.3 Å². The third-order valence-corrected chi connectivity index (χ3v) is 4.95. The molecule has 1 fully saturated rings. The Kier molecular flexibility index (Phi) is 5.81. The molecule has 0 spiro atoms. The van der Waals surface area contributed by atoms with Crippen molar-refractivity contribution in [3.63, 3.8) is 0 Å². The molecule has 3 heterocycles. The van der Waals surface area contributed by atoms with Crippen molar-refractivity contribution in [3.8, 4) is 0 Å². The SMILES string of the molecule is O=C(NCCc1nc2ccccc2n1CC(=O)N1CCOCC1)c1cccnc1. The van der Waals surface area contributed by atoms with E-state index in [-0.39, 0.29) is 18.4 Å². The van der Waals surface area contributed by atoms with Crippen molar-refractivity contribution >= 4 is 22.8 Å². The summed E-state index contributed by atoms with van der Waals surface area (Å²) in [5, 5.41) is 2.89. The fraction of sp³-hybridized carbons (Fsp3) is 0.333. The predicted molar refractivity (Wildman–Crippen MR) is 107 cm³/mol. The Morgan fingerprint density at radius 2 is 1.93 bits per heavy atom. The van der Waals surface area contributed by atoms with Gasteiger partial charge in [0.2, 0.25) is 5.91 Å². The molecule has 0 bridgehead atoms. The van der Waals surface area contributed by atoms with E-state index in [0.717, 1.165) is 16.9 Å². The van der Waals surface area contributed by atoms with Crippen molar-refractivity contribution < 1.29 is 14.3 Å². The number of aromatic nitrogens is 3. The zero-order chi connectivity index (χ0) is 20.1. The maximum atomic E-state index is 12.8. The lowest BCUT2D eigenvalue weighted by atomic mass is 10.2. The van der Waals surface area contributed by atoms with E-state index >= 15 is 0 Å². The number of pyridine rings is 1. The standard InChI is InChI=1S/C21H23N5O3/c27-20(25-10-12-29-13-11-25)15-26-18-6-2-1-5-17(18)24-19(26)7-9-23-21(28)16-4-3-8-22-14-16/h1-6,8,14H,7,9-13,15H2,(H,23,28). The highest BCUT2D eigenvalue weighted by Gasteiger charge is 2.20. The van der Waals surface area contributed by atoms with Crippen LogP contribution in [0.2, 0.25) is 0 Å². The number of fused-ring (bicyclic) bond motifs is 1. The van der Waals surface area contributed by atoms with Gasteiger partial charge in [-0.05, 0) is 24.3 Å². The van der Waals surface area contributed by atoms with Crippen LogP contribution in [0.15, 0.2) is 48.8 Å². The van der Waals surface area contributed by atoms with E-state index in [1.807, 2.05) is 33.7 Å². The van der Waals surface area contributed by atoms with Crippen LogP contribution in [0, 0.1) is 0 Å². The van der Waals surface area contributed by atoms with Gasteiger partial charge in [0, 0.05) is 38.4 Å². The van der Waals surface area contributed by atoms with Gasteiger partial charge >= 0.3 is 0 Å². The summed E-state index contributed by atoms with van der Waals surface area (Å²) in [4.78, 5) is 35.5. The van der Waals surface area contributed by atoms with Gasteiger partial charge in [0.1, 0.15) is 12.4 Å². The Bertz CT molecular complexity index is 996. The molecule has 2 amide bonds. The molecular weight excluding hydrogens is 370 g/mol. The van der Waals surface area contributed by atoms with Crippen LogP contribution < -0.4 is 5.32 Å². The third-order valence-electron chi connectivity index (χ3n) is 4.95. The Morgan fingerprint density at radius 1 is 1.10 bits per heavy atom. The zero-order valence-electron chi connectivity index (χ0n) is 16.1. The molecule has 2 aromatic heterocycles. The monoisotopic (exact) mass is 393 g/mol. The fourth-order valence-electron chi connectivity index (χ4n) is 3.43. The number of carbonyl (C=O) groups is 2. The lowest BCUT2D eigenvalue weighted by Crippen LogP contribution is -2.42. The number of para-hydroxylation sites is 2. The van der Waals surface area contributed by atoms with Gasteiger partial charge in [0.25, 0.3) is 5.91 Å². The maximum absolute atomic E-state index is 12.8. The summed E-state index contributed by atoms with van der Waals surface area (Å²) in [6, 6.07) is 11.2. The molecule has 1 aliphatic rings. The Morgan fingerprint density at radius 3 is 2.72 bits per heavy atom. The number of nitrogens with one attached hydrogen (secondary N) is 1. The van der Waals surface area contributed by atoms with Gasteiger partial charge in [-0.1, -0.05) is 12.1 Å². The molecule has 0 radical (unpaired) electrons. The number of hydrogen-bond donors (Lipinski definition) is 1. The van der Waals surface area contributed by atoms with Gasteiger partial charge in [-0.15, -0.1) is 0 Å². The van der Waals surface area contributed by atoms with E-state index in [4.69, 9.17) is 4.74 Å². The van der Waals surface area contributed by atoms with Gasteiger partial charge in [-0.3, -0.25) is 14.6 Å². The first-order chi connectivity index (χ1) is 14.2. The molecule has 0 aliphatic carbocycles. The number of nitrogens with zero attached hydrogens (tertiary/aromatic N) is 4. The molecule has 150 valence electrons. The minimum absolute atomic E-state index is 0.0529. The van der Waals surface area contributed by atoms with Crippen LogP contribution in [0.5, 0.6) is 0 Å². The number of imidazole rings is 1. The van der Waals surface area contributed by atoms with E-state index in [2.05, 4.69) is 15.3 Å². The second-order valence-corrected chi connectivity index (χ2v) is 6.84. The summed E-state index contributed by atoms with van der Waals surface area (Å²) >= 11 is 0. The van der Waals surface area contributed by atoms with Crippen molar-refractivity contribution in [3.05, 3.63) is 60.2 Å². The Labute approximate surface area is 168 Å². The molecule has 0 saturated carbocycles. The first kappa shape index (κ1) is 19.1. The van der Waals surface area contributed by atoms with Crippen molar-refractivity contribution in [1.82, 2.24) is 24.8 Å². The second-order valence-electron chi connectivity index (χ2n) is 6.84. The van der Waals surface area contributed by atoms with E-state index in [9.17, 15) is 9.59 Å². The fourth-order valence-corrected chi connectivity index (χ4v) is 3.43. The van der Waals surface area contributed by atoms with Gasteiger partial charge in [-0.2, -0.15) is 0 Å². The molecule has 0 unspecified atom stereocenters. The molecule has 1 aromatic carbocycles. The number of benzene rings is 1. The zero-order valence-corrected chi connectivity index (χ0v) is 16.1. The van der Waals surface area contributed by atoms with Crippen molar-refractivity contribution in [2.75, 3.05) is 32.8 Å². The number of carbonyl (C=O) groups excluding carboxylic acids is 2. The van der Waals surface area contributed by atoms with E-state index < -0.39 is 0 Å². The normalized spacial score (nSPS) is 14.1. The van der Waals surface area contributed by atoms with Crippen LogP contribution in [0.25, 0.3) is 11.0 Å². The quantitative estimate of drug-likeness (QED) is 0.681. The molecule has 0 atom stereocenters. The number of morpholine rings is 1. The van der Waals surface area contributed by atoms with Crippen molar-refractivity contribution in [2.45, 2.75) is 13.0 Å².